The molecule has 1 heterocycles. The molecule has 194 valence electrons. The van der Waals surface area contributed by atoms with Crippen LogP contribution in [0, 0.1) is 11.3 Å². The number of halogens is 1. The lowest BCUT2D eigenvalue weighted by Crippen LogP contribution is -2.49. The smallest absolute Gasteiger partial charge is 0.335 e. The lowest BCUT2D eigenvalue weighted by molar-refractivity contribution is -0.126. The highest BCUT2D eigenvalue weighted by Crippen LogP contribution is 2.38. The Morgan fingerprint density at radius 1 is 1.05 bits per heavy atom. The predicted octanol–water partition coefficient (Wildman–Crippen LogP) is 4.99. The van der Waals surface area contributed by atoms with Gasteiger partial charge in [-0.05, 0) is 69.5 Å². The van der Waals surface area contributed by atoms with Crippen LogP contribution >= 0.6 is 15.9 Å². The number of nitrogens with zero attached hydrogens (tertiary/aromatic N) is 3. The van der Waals surface area contributed by atoms with E-state index in [2.05, 4.69) is 20.8 Å². The van der Waals surface area contributed by atoms with E-state index in [4.69, 9.17) is 14.6 Å². The molecule has 1 saturated heterocycles. The van der Waals surface area contributed by atoms with Gasteiger partial charge >= 0.3 is 5.97 Å². The molecule has 1 amide bonds. The molecule has 0 aliphatic carbocycles. The molecular weight excluding hydrogens is 550 g/mol. The average Bonchev–Trinajstić information content (AvgIpc) is 2.95. The van der Waals surface area contributed by atoms with Crippen molar-refractivity contribution in [2.75, 3.05) is 38.2 Å². The van der Waals surface area contributed by atoms with Crippen LogP contribution in [0.5, 0.6) is 11.5 Å². The second kappa shape index (κ2) is 12.3. The van der Waals surface area contributed by atoms with Crippen molar-refractivity contribution in [1.82, 2.24) is 4.90 Å². The van der Waals surface area contributed by atoms with E-state index in [9.17, 15) is 14.9 Å². The Labute approximate surface area is 229 Å². The average molecular weight is 576 g/mol. The van der Waals surface area contributed by atoms with Crippen LogP contribution in [0.1, 0.15) is 21.5 Å². The van der Waals surface area contributed by atoms with Crippen LogP contribution in [0.3, 0.4) is 0 Å². The van der Waals surface area contributed by atoms with Gasteiger partial charge in [-0.1, -0.05) is 30.3 Å². The lowest BCUT2D eigenvalue weighted by atomic mass is 10.1. The van der Waals surface area contributed by atoms with Gasteiger partial charge in [0.25, 0.3) is 5.91 Å². The molecular formula is C29H26BrN3O5. The van der Waals surface area contributed by atoms with E-state index in [1.807, 2.05) is 36.4 Å². The predicted molar refractivity (Wildman–Crippen MR) is 147 cm³/mol. The molecule has 3 aromatic rings. The molecule has 38 heavy (non-hydrogen) atoms. The minimum atomic E-state index is -0.991. The molecule has 0 radical (unpaired) electrons. The molecule has 0 bridgehead atoms. The van der Waals surface area contributed by atoms with Crippen molar-refractivity contribution in [3.05, 3.63) is 93.5 Å². The number of nitriles is 1. The highest BCUT2D eigenvalue weighted by Gasteiger charge is 2.24. The van der Waals surface area contributed by atoms with Gasteiger partial charge in [0.1, 0.15) is 18.2 Å². The number of methoxy groups -OCH3 is 1. The molecule has 0 aromatic heterocycles. The van der Waals surface area contributed by atoms with Crippen LogP contribution < -0.4 is 14.4 Å². The number of hydrogen-bond acceptors (Lipinski definition) is 6. The number of anilines is 1. The van der Waals surface area contributed by atoms with Crippen LogP contribution in [0.2, 0.25) is 0 Å². The number of aromatic carboxylic acids is 1. The summed E-state index contributed by atoms with van der Waals surface area (Å²) in [6, 6.07) is 22.0. The quantitative estimate of drug-likeness (QED) is 0.298. The Balaban J connectivity index is 1.45. The lowest BCUT2D eigenvalue weighted by Gasteiger charge is -2.36. The van der Waals surface area contributed by atoms with E-state index in [1.165, 1.54) is 19.2 Å². The Morgan fingerprint density at radius 2 is 1.74 bits per heavy atom. The normalized spacial score (nSPS) is 13.6. The maximum absolute atomic E-state index is 13.1. The van der Waals surface area contributed by atoms with E-state index in [-0.39, 0.29) is 23.7 Å². The maximum atomic E-state index is 13.1. The number of hydrogen-bond donors (Lipinski definition) is 1. The van der Waals surface area contributed by atoms with Gasteiger partial charge in [0, 0.05) is 31.9 Å². The molecule has 1 aliphatic heterocycles. The minimum absolute atomic E-state index is 0.0410. The summed E-state index contributed by atoms with van der Waals surface area (Å²) in [5, 5.41) is 18.8. The fourth-order valence-corrected chi connectivity index (χ4v) is 4.72. The first-order valence-corrected chi connectivity index (χ1v) is 12.7. The number of ether oxygens (including phenoxy) is 2. The van der Waals surface area contributed by atoms with Crippen molar-refractivity contribution in [2.24, 2.45) is 0 Å². The van der Waals surface area contributed by atoms with Crippen molar-refractivity contribution in [2.45, 2.75) is 6.61 Å². The second-order valence-corrected chi connectivity index (χ2v) is 9.46. The topological polar surface area (TPSA) is 103 Å². The summed E-state index contributed by atoms with van der Waals surface area (Å²) >= 11 is 3.50. The number of carbonyl (C=O) groups is 2. The zero-order valence-corrected chi connectivity index (χ0v) is 22.3. The summed E-state index contributed by atoms with van der Waals surface area (Å²) < 4.78 is 12.0. The van der Waals surface area contributed by atoms with Gasteiger partial charge in [0.2, 0.25) is 0 Å². The summed E-state index contributed by atoms with van der Waals surface area (Å²) in [5.41, 5.74) is 2.76. The third-order valence-electron chi connectivity index (χ3n) is 6.19. The van der Waals surface area contributed by atoms with Crippen LogP contribution in [0.4, 0.5) is 5.69 Å². The zero-order chi connectivity index (χ0) is 27.1. The third-order valence-corrected chi connectivity index (χ3v) is 6.77. The highest BCUT2D eigenvalue weighted by molar-refractivity contribution is 9.10. The number of para-hydroxylation sites is 1. The second-order valence-electron chi connectivity index (χ2n) is 8.61. The number of piperazine rings is 1. The largest absolute Gasteiger partial charge is 0.493 e. The monoisotopic (exact) mass is 575 g/mol. The summed E-state index contributed by atoms with van der Waals surface area (Å²) in [7, 11) is 1.51. The molecule has 4 rings (SSSR count). The van der Waals surface area contributed by atoms with Crippen LogP contribution in [0.25, 0.3) is 6.08 Å². The molecule has 3 aromatic carbocycles. The highest BCUT2D eigenvalue weighted by atomic mass is 79.9. The van der Waals surface area contributed by atoms with Gasteiger partial charge in [-0.25, -0.2) is 4.79 Å². The van der Waals surface area contributed by atoms with Crippen LogP contribution in [-0.2, 0) is 11.4 Å². The minimum Gasteiger partial charge on any atom is -0.493 e. The fraction of sp³-hybridized carbons (Fsp3) is 0.207. The summed E-state index contributed by atoms with van der Waals surface area (Å²) in [4.78, 5) is 28.1. The third kappa shape index (κ3) is 6.33. The van der Waals surface area contributed by atoms with E-state index >= 15 is 0 Å². The molecule has 1 fully saturated rings. The van der Waals surface area contributed by atoms with E-state index < -0.39 is 5.97 Å². The van der Waals surface area contributed by atoms with Gasteiger partial charge in [0.15, 0.2) is 11.5 Å². The molecule has 1 aliphatic rings. The Kier molecular flexibility index (Phi) is 8.66. The number of carboxylic acids is 1. The molecule has 8 nitrogen and oxygen atoms in total. The number of amides is 1. The molecule has 0 spiro atoms. The van der Waals surface area contributed by atoms with Crippen molar-refractivity contribution in [3.63, 3.8) is 0 Å². The van der Waals surface area contributed by atoms with Gasteiger partial charge < -0.3 is 24.4 Å². The zero-order valence-electron chi connectivity index (χ0n) is 20.8. The summed E-state index contributed by atoms with van der Waals surface area (Å²) in [6.07, 6.45) is 1.55. The van der Waals surface area contributed by atoms with Crippen molar-refractivity contribution < 1.29 is 24.2 Å². The molecule has 1 N–H and O–H groups in total. The van der Waals surface area contributed by atoms with Crippen molar-refractivity contribution in [3.8, 4) is 17.6 Å². The molecule has 0 atom stereocenters. The Hall–Kier alpha value is -4.29. The van der Waals surface area contributed by atoms with Crippen molar-refractivity contribution in [1.29, 1.82) is 5.26 Å². The number of rotatable bonds is 8. The van der Waals surface area contributed by atoms with Crippen LogP contribution in [-0.4, -0.2) is 55.2 Å². The number of carbonyl (C=O) groups excluding carboxylic acids is 1. The SMILES string of the molecule is COc1cc(/C=C(/C#N)C(=O)N2CCN(c3ccccc3)CC2)cc(Br)c1OCc1ccc(C(=O)O)cc1. The van der Waals surface area contributed by atoms with Crippen molar-refractivity contribution >= 4 is 39.6 Å². The van der Waals surface area contributed by atoms with Gasteiger partial charge in [0.05, 0.1) is 17.1 Å². The van der Waals surface area contributed by atoms with Gasteiger partial charge in [-0.15, -0.1) is 0 Å². The number of benzene rings is 3. The fourth-order valence-electron chi connectivity index (χ4n) is 4.15. The van der Waals surface area contributed by atoms with Gasteiger partial charge in [-0.3, -0.25) is 4.79 Å². The van der Waals surface area contributed by atoms with E-state index in [0.717, 1.165) is 11.3 Å². The maximum Gasteiger partial charge on any atom is 0.335 e. The van der Waals surface area contributed by atoms with Gasteiger partial charge in [-0.2, -0.15) is 5.26 Å². The first kappa shape index (κ1) is 26.8. The van der Waals surface area contributed by atoms with Crippen LogP contribution in [0.15, 0.2) is 76.8 Å². The van der Waals surface area contributed by atoms with E-state index in [0.29, 0.717) is 47.7 Å². The molecule has 9 heteroatoms. The number of carboxylic acid groups (broad SMARTS) is 1. The standard InChI is InChI=1S/C29H26BrN3O5/c1-37-26-17-21(16-25(30)27(26)38-19-20-7-9-22(10-8-20)29(35)36)15-23(18-31)28(34)33-13-11-32(12-14-33)24-5-3-2-4-6-24/h2-10,15-17H,11-14,19H2,1H3,(H,35,36)/b23-15-. The first-order valence-electron chi connectivity index (χ1n) is 11.9. The Morgan fingerprint density at radius 3 is 2.34 bits per heavy atom. The summed E-state index contributed by atoms with van der Waals surface area (Å²) in [6.45, 7) is 2.64. The van der Waals surface area contributed by atoms with E-state index in [1.54, 1.807) is 35.2 Å². The Bertz CT molecular complexity index is 1380. The molecule has 0 unspecified atom stereocenters. The summed E-state index contributed by atoms with van der Waals surface area (Å²) in [5.74, 6) is -0.418. The first-order chi connectivity index (χ1) is 18.4. The molecule has 0 saturated carbocycles.